The molecular formula is C12H12Cl2N2O5. The van der Waals surface area contributed by atoms with Crippen molar-refractivity contribution in [3.8, 4) is 0 Å². The fourth-order valence-electron chi connectivity index (χ4n) is 1.44. The number of nitrogens with one attached hydrogen (secondary N) is 1. The third kappa shape index (κ3) is 5.20. The molecule has 21 heavy (non-hydrogen) atoms. The minimum absolute atomic E-state index is 0.000912. The van der Waals surface area contributed by atoms with Crippen LogP contribution in [0.3, 0.4) is 0 Å². The summed E-state index contributed by atoms with van der Waals surface area (Å²) in [6.07, 6.45) is 0.936. The summed E-state index contributed by atoms with van der Waals surface area (Å²) in [6, 6.07) is -0.0297. The molecule has 0 aliphatic rings. The Hall–Kier alpha value is -1.86. The number of esters is 1. The standard InChI is InChI=1S/C12H12Cl2N2O5/c1-21-10(17)3-2-8(12(19)20)16-11(18)6-4-9(14)15-5-7(6)13/h4-5,8H,2-3H2,1H3,(H,16,18)(H,19,20)/t8-/m0/s1. The van der Waals surface area contributed by atoms with Crippen LogP contribution in [0.2, 0.25) is 10.2 Å². The van der Waals surface area contributed by atoms with Crippen molar-refractivity contribution in [2.24, 2.45) is 0 Å². The third-order valence-electron chi connectivity index (χ3n) is 2.53. The summed E-state index contributed by atoms with van der Waals surface area (Å²) in [5.41, 5.74) is 0.000912. The number of aromatic nitrogens is 1. The fourth-order valence-corrected chi connectivity index (χ4v) is 1.79. The topological polar surface area (TPSA) is 106 Å². The number of nitrogens with zero attached hydrogens (tertiary/aromatic N) is 1. The lowest BCUT2D eigenvalue weighted by Gasteiger charge is -2.14. The normalized spacial score (nSPS) is 11.6. The molecule has 0 bridgehead atoms. The molecule has 114 valence electrons. The van der Waals surface area contributed by atoms with Crippen LogP contribution in [0.4, 0.5) is 0 Å². The summed E-state index contributed by atoms with van der Waals surface area (Å²) in [7, 11) is 1.19. The van der Waals surface area contributed by atoms with Gasteiger partial charge < -0.3 is 15.2 Å². The van der Waals surface area contributed by atoms with Gasteiger partial charge in [-0.05, 0) is 12.5 Å². The Bertz CT molecular complexity index is 565. The largest absolute Gasteiger partial charge is 0.480 e. The van der Waals surface area contributed by atoms with E-state index in [0.717, 1.165) is 0 Å². The highest BCUT2D eigenvalue weighted by Crippen LogP contribution is 2.18. The van der Waals surface area contributed by atoms with Crippen LogP contribution in [0.5, 0.6) is 0 Å². The number of rotatable bonds is 6. The van der Waals surface area contributed by atoms with Crippen molar-refractivity contribution in [3.63, 3.8) is 0 Å². The zero-order chi connectivity index (χ0) is 16.0. The quantitative estimate of drug-likeness (QED) is 0.603. The SMILES string of the molecule is COC(=O)CC[C@H](NC(=O)c1cc(Cl)ncc1Cl)C(=O)O. The third-order valence-corrected chi connectivity index (χ3v) is 3.04. The lowest BCUT2D eigenvalue weighted by atomic mass is 10.1. The Kier molecular flexibility index (Phi) is 6.39. The predicted molar refractivity (Wildman–Crippen MR) is 74.4 cm³/mol. The van der Waals surface area contributed by atoms with Gasteiger partial charge in [0, 0.05) is 12.6 Å². The molecule has 0 spiro atoms. The number of carbonyl (C=O) groups is 3. The maximum Gasteiger partial charge on any atom is 0.326 e. The second kappa shape index (κ2) is 7.80. The molecule has 1 heterocycles. The van der Waals surface area contributed by atoms with Gasteiger partial charge >= 0.3 is 11.9 Å². The van der Waals surface area contributed by atoms with Gasteiger partial charge in [0.2, 0.25) is 0 Å². The van der Waals surface area contributed by atoms with Gasteiger partial charge in [0.15, 0.2) is 0 Å². The van der Waals surface area contributed by atoms with Crippen LogP contribution >= 0.6 is 23.2 Å². The monoisotopic (exact) mass is 334 g/mol. The molecule has 0 radical (unpaired) electrons. The molecule has 1 amide bonds. The zero-order valence-electron chi connectivity index (χ0n) is 10.9. The van der Waals surface area contributed by atoms with Gasteiger partial charge in [-0.15, -0.1) is 0 Å². The molecule has 1 rings (SSSR count). The van der Waals surface area contributed by atoms with Crippen LogP contribution < -0.4 is 5.32 Å². The molecule has 1 atom stereocenters. The molecule has 2 N–H and O–H groups in total. The van der Waals surface area contributed by atoms with Crippen LogP contribution in [0.25, 0.3) is 0 Å². The first-order chi connectivity index (χ1) is 9.85. The Morgan fingerprint density at radius 3 is 2.67 bits per heavy atom. The lowest BCUT2D eigenvalue weighted by Crippen LogP contribution is -2.41. The molecule has 0 saturated carbocycles. The van der Waals surface area contributed by atoms with E-state index in [0.29, 0.717) is 0 Å². The molecule has 0 saturated heterocycles. The summed E-state index contributed by atoms with van der Waals surface area (Å²) in [6.45, 7) is 0. The minimum atomic E-state index is -1.27. The van der Waals surface area contributed by atoms with Crippen molar-refractivity contribution in [1.82, 2.24) is 10.3 Å². The van der Waals surface area contributed by atoms with Crippen molar-refractivity contribution in [2.75, 3.05) is 7.11 Å². The predicted octanol–water partition coefficient (Wildman–Crippen LogP) is 1.52. The Labute approximate surface area is 130 Å². The molecule has 0 fully saturated rings. The van der Waals surface area contributed by atoms with Crippen molar-refractivity contribution >= 4 is 41.0 Å². The van der Waals surface area contributed by atoms with Gasteiger partial charge in [-0.3, -0.25) is 9.59 Å². The van der Waals surface area contributed by atoms with Crippen LogP contribution in [0.1, 0.15) is 23.2 Å². The van der Waals surface area contributed by atoms with Crippen molar-refractivity contribution in [2.45, 2.75) is 18.9 Å². The van der Waals surface area contributed by atoms with Crippen molar-refractivity contribution in [3.05, 3.63) is 28.0 Å². The fraction of sp³-hybridized carbons (Fsp3) is 0.333. The van der Waals surface area contributed by atoms with E-state index >= 15 is 0 Å². The van der Waals surface area contributed by atoms with E-state index in [1.54, 1.807) is 0 Å². The highest BCUT2D eigenvalue weighted by molar-refractivity contribution is 6.35. The van der Waals surface area contributed by atoms with E-state index in [1.807, 2.05) is 0 Å². The number of hydrogen-bond donors (Lipinski definition) is 2. The molecule has 1 aromatic rings. The van der Waals surface area contributed by atoms with Gasteiger partial charge in [0.1, 0.15) is 11.2 Å². The molecule has 0 aromatic carbocycles. The maximum absolute atomic E-state index is 12.0. The number of ether oxygens (including phenoxy) is 1. The second-order valence-corrected chi connectivity index (χ2v) is 4.76. The summed E-state index contributed by atoms with van der Waals surface area (Å²) in [5.74, 6) is -2.56. The molecule has 1 aromatic heterocycles. The van der Waals surface area contributed by atoms with Crippen LogP contribution in [-0.2, 0) is 14.3 Å². The number of methoxy groups -OCH3 is 1. The number of pyridine rings is 1. The van der Waals surface area contributed by atoms with Crippen molar-refractivity contribution < 1.29 is 24.2 Å². The van der Waals surface area contributed by atoms with Gasteiger partial charge in [-0.25, -0.2) is 9.78 Å². The van der Waals surface area contributed by atoms with E-state index in [9.17, 15) is 14.4 Å². The summed E-state index contributed by atoms with van der Waals surface area (Å²) < 4.78 is 4.41. The lowest BCUT2D eigenvalue weighted by molar-refractivity contribution is -0.142. The number of amides is 1. The Morgan fingerprint density at radius 1 is 1.43 bits per heavy atom. The molecule has 0 unspecified atom stereocenters. The van der Waals surface area contributed by atoms with Gasteiger partial charge in [0.25, 0.3) is 5.91 Å². The van der Waals surface area contributed by atoms with Crippen LogP contribution in [0, 0.1) is 0 Å². The number of carboxylic acid groups (broad SMARTS) is 1. The van der Waals surface area contributed by atoms with E-state index in [-0.39, 0.29) is 28.6 Å². The molecule has 0 aliphatic carbocycles. The van der Waals surface area contributed by atoms with Crippen LogP contribution in [-0.4, -0.2) is 41.1 Å². The van der Waals surface area contributed by atoms with E-state index in [1.165, 1.54) is 19.4 Å². The zero-order valence-corrected chi connectivity index (χ0v) is 12.4. The number of halogens is 2. The van der Waals surface area contributed by atoms with E-state index in [4.69, 9.17) is 28.3 Å². The molecule has 9 heteroatoms. The summed E-state index contributed by atoms with van der Waals surface area (Å²) >= 11 is 11.5. The smallest absolute Gasteiger partial charge is 0.326 e. The molecule has 0 aliphatic heterocycles. The Morgan fingerprint density at radius 2 is 2.10 bits per heavy atom. The number of hydrogen-bond acceptors (Lipinski definition) is 5. The maximum atomic E-state index is 12.0. The highest BCUT2D eigenvalue weighted by Gasteiger charge is 2.23. The van der Waals surface area contributed by atoms with Crippen molar-refractivity contribution in [1.29, 1.82) is 0 Å². The Balaban J connectivity index is 2.79. The number of carboxylic acids is 1. The molecular weight excluding hydrogens is 323 g/mol. The molecule has 7 nitrogen and oxygen atoms in total. The first-order valence-corrected chi connectivity index (χ1v) is 6.52. The summed E-state index contributed by atoms with van der Waals surface area (Å²) in [4.78, 5) is 37.8. The first kappa shape index (κ1) is 17.2. The minimum Gasteiger partial charge on any atom is -0.480 e. The average Bonchev–Trinajstić information content (AvgIpc) is 2.44. The van der Waals surface area contributed by atoms with Crippen LogP contribution in [0.15, 0.2) is 12.3 Å². The van der Waals surface area contributed by atoms with E-state index in [2.05, 4.69) is 15.0 Å². The average molecular weight is 335 g/mol. The second-order valence-electron chi connectivity index (χ2n) is 3.97. The summed E-state index contributed by atoms with van der Waals surface area (Å²) in [5, 5.41) is 11.4. The van der Waals surface area contributed by atoms with E-state index < -0.39 is 23.9 Å². The van der Waals surface area contributed by atoms with Gasteiger partial charge in [-0.2, -0.15) is 0 Å². The highest BCUT2D eigenvalue weighted by atomic mass is 35.5. The first-order valence-electron chi connectivity index (χ1n) is 5.76. The number of aliphatic carboxylic acids is 1. The van der Waals surface area contributed by atoms with Gasteiger partial charge in [-0.1, -0.05) is 23.2 Å². The van der Waals surface area contributed by atoms with Gasteiger partial charge in [0.05, 0.1) is 17.7 Å². The number of carbonyl (C=O) groups excluding carboxylic acids is 2.